The van der Waals surface area contributed by atoms with Crippen LogP contribution >= 0.6 is 0 Å². The van der Waals surface area contributed by atoms with Gasteiger partial charge in [-0.2, -0.15) is 26.3 Å². The molecule has 8 heteroatoms. The van der Waals surface area contributed by atoms with Crippen molar-refractivity contribution in [3.8, 4) is 16.9 Å². The molecule has 0 bridgehead atoms. The second-order valence-electron chi connectivity index (χ2n) is 7.41. The van der Waals surface area contributed by atoms with Crippen molar-refractivity contribution in [3.05, 3.63) is 52.1 Å². The lowest BCUT2D eigenvalue weighted by Crippen LogP contribution is -2.12. The molecule has 0 saturated heterocycles. The predicted octanol–water partition coefficient (Wildman–Crippen LogP) is 7.16. The molecule has 1 N–H and O–H groups in total. The van der Waals surface area contributed by atoms with Crippen molar-refractivity contribution in [2.24, 2.45) is 0 Å². The molecule has 0 atom stereocenters. The molecule has 0 saturated carbocycles. The van der Waals surface area contributed by atoms with Crippen LogP contribution in [-0.2, 0) is 12.4 Å². The van der Waals surface area contributed by atoms with E-state index < -0.39 is 35.0 Å². The van der Waals surface area contributed by atoms with E-state index >= 15 is 0 Å². The molecule has 0 aliphatic rings. The number of alkyl halides is 6. The molecule has 0 radical (unpaired) electrons. The van der Waals surface area contributed by atoms with E-state index in [4.69, 9.17) is 0 Å². The third-order valence-electron chi connectivity index (χ3n) is 4.60. The largest absolute Gasteiger partial charge is 0.507 e. The van der Waals surface area contributed by atoms with Crippen molar-refractivity contribution in [1.29, 1.82) is 0 Å². The van der Waals surface area contributed by atoms with Crippen molar-refractivity contribution in [2.75, 3.05) is 0 Å². The number of hydrogen-bond acceptors (Lipinski definition) is 2. The van der Waals surface area contributed by atoms with Gasteiger partial charge in [-0.3, -0.25) is 4.79 Å². The molecule has 0 aliphatic carbocycles. The monoisotopic (exact) mass is 418 g/mol. The Hall–Kier alpha value is -2.51. The van der Waals surface area contributed by atoms with E-state index in [0.717, 1.165) is 0 Å². The number of rotatable bonds is 4. The Balaban J connectivity index is 3.00. The third-order valence-corrected chi connectivity index (χ3v) is 4.60. The van der Waals surface area contributed by atoms with E-state index in [1.807, 2.05) is 0 Å². The first-order valence-corrected chi connectivity index (χ1v) is 8.83. The summed E-state index contributed by atoms with van der Waals surface area (Å²) in [5.74, 6) is -0.916. The van der Waals surface area contributed by atoms with Gasteiger partial charge in [0.1, 0.15) is 5.75 Å². The zero-order valence-corrected chi connectivity index (χ0v) is 16.2. The van der Waals surface area contributed by atoms with Gasteiger partial charge < -0.3 is 5.11 Å². The van der Waals surface area contributed by atoms with Crippen molar-refractivity contribution >= 4 is 6.29 Å². The van der Waals surface area contributed by atoms with E-state index in [0.29, 0.717) is 24.0 Å². The predicted molar refractivity (Wildman–Crippen MR) is 97.1 cm³/mol. The fourth-order valence-electron chi connectivity index (χ4n) is 3.25. The molecule has 0 amide bonds. The first kappa shape index (κ1) is 22.8. The molecule has 0 spiro atoms. The lowest BCUT2D eigenvalue weighted by atomic mass is 9.83. The van der Waals surface area contributed by atoms with Crippen LogP contribution in [0.4, 0.5) is 26.3 Å². The third kappa shape index (κ3) is 4.57. The molecule has 0 unspecified atom stereocenters. The van der Waals surface area contributed by atoms with Crippen LogP contribution in [0, 0.1) is 0 Å². The fraction of sp³-hybridized carbons (Fsp3) is 0.381. The maximum atomic E-state index is 13.3. The molecule has 0 heterocycles. The normalized spacial score (nSPS) is 12.7. The van der Waals surface area contributed by atoms with Crippen LogP contribution in [0.5, 0.6) is 5.75 Å². The van der Waals surface area contributed by atoms with E-state index in [9.17, 15) is 36.2 Å². The van der Waals surface area contributed by atoms with Gasteiger partial charge in [-0.05, 0) is 52.8 Å². The topological polar surface area (TPSA) is 37.3 Å². The van der Waals surface area contributed by atoms with Crippen molar-refractivity contribution in [2.45, 2.75) is 51.9 Å². The summed E-state index contributed by atoms with van der Waals surface area (Å²) in [5, 5.41) is 10.7. The average Bonchev–Trinajstić information content (AvgIpc) is 2.58. The summed E-state index contributed by atoms with van der Waals surface area (Å²) in [6.45, 7) is 6.77. The quantitative estimate of drug-likeness (QED) is 0.423. The molecule has 2 aromatic carbocycles. The van der Waals surface area contributed by atoms with Crippen molar-refractivity contribution in [1.82, 2.24) is 0 Å². The molecular formula is C21H20F6O2. The molecule has 29 heavy (non-hydrogen) atoms. The number of benzene rings is 2. The van der Waals surface area contributed by atoms with Gasteiger partial charge in [0.25, 0.3) is 0 Å². The highest BCUT2D eigenvalue weighted by atomic mass is 19.4. The van der Waals surface area contributed by atoms with Crippen LogP contribution in [0.25, 0.3) is 11.1 Å². The Morgan fingerprint density at radius 2 is 1.31 bits per heavy atom. The molecule has 0 aliphatic heterocycles. The smallest absolute Gasteiger partial charge is 0.416 e. The first-order chi connectivity index (χ1) is 13.2. The SMILES string of the molecule is CC(C)c1cc(C=O)c(-c2cc(C(F)(F)F)cc(C(F)(F)F)c2)c(C(C)C)c1O. The van der Waals surface area contributed by atoms with Crippen LogP contribution < -0.4 is 0 Å². The Bertz CT molecular complexity index is 892. The van der Waals surface area contributed by atoms with Crippen LogP contribution in [0.2, 0.25) is 0 Å². The molecule has 2 nitrogen and oxygen atoms in total. The highest BCUT2D eigenvalue weighted by Crippen LogP contribution is 2.45. The molecule has 158 valence electrons. The average molecular weight is 418 g/mol. The minimum Gasteiger partial charge on any atom is -0.507 e. The minimum absolute atomic E-state index is 0.0292. The lowest BCUT2D eigenvalue weighted by Gasteiger charge is -2.23. The molecular weight excluding hydrogens is 398 g/mol. The number of aldehydes is 1. The second-order valence-corrected chi connectivity index (χ2v) is 7.41. The lowest BCUT2D eigenvalue weighted by molar-refractivity contribution is -0.143. The molecule has 0 aromatic heterocycles. The highest BCUT2D eigenvalue weighted by Gasteiger charge is 2.37. The highest BCUT2D eigenvalue weighted by molar-refractivity contribution is 5.91. The summed E-state index contributed by atoms with van der Waals surface area (Å²) in [6, 6.07) is 2.47. The van der Waals surface area contributed by atoms with Gasteiger partial charge in [-0.25, -0.2) is 0 Å². The second kappa shape index (κ2) is 7.72. The number of aromatic hydroxyl groups is 1. The van der Waals surface area contributed by atoms with Crippen LogP contribution in [0.3, 0.4) is 0 Å². The van der Waals surface area contributed by atoms with Gasteiger partial charge in [0.15, 0.2) is 6.29 Å². The Labute approximate surface area is 164 Å². The van der Waals surface area contributed by atoms with Gasteiger partial charge in [0, 0.05) is 11.1 Å². The molecule has 2 rings (SSSR count). The maximum absolute atomic E-state index is 13.3. The standard InChI is InChI=1S/C21H20F6O2/c1-10(2)16-7-13(9-28)18(17(11(3)4)19(16)29)12-5-14(20(22,23)24)8-15(6-12)21(25,26)27/h5-11,29H,1-4H3. The van der Waals surface area contributed by atoms with E-state index in [-0.39, 0.29) is 34.4 Å². The Morgan fingerprint density at radius 3 is 1.66 bits per heavy atom. The van der Waals surface area contributed by atoms with Gasteiger partial charge in [0.2, 0.25) is 0 Å². The van der Waals surface area contributed by atoms with Crippen molar-refractivity contribution in [3.63, 3.8) is 0 Å². The van der Waals surface area contributed by atoms with E-state index in [2.05, 4.69) is 0 Å². The summed E-state index contributed by atoms with van der Waals surface area (Å²) in [4.78, 5) is 11.7. The van der Waals surface area contributed by atoms with E-state index in [1.54, 1.807) is 27.7 Å². The fourth-order valence-corrected chi connectivity index (χ4v) is 3.25. The van der Waals surface area contributed by atoms with Crippen LogP contribution in [0.15, 0.2) is 24.3 Å². The summed E-state index contributed by atoms with van der Waals surface area (Å²) in [7, 11) is 0. The summed E-state index contributed by atoms with van der Waals surface area (Å²) < 4.78 is 79.5. The number of carbonyl (C=O) groups is 1. The Morgan fingerprint density at radius 1 is 0.828 bits per heavy atom. The molecule has 2 aromatic rings. The number of halogens is 6. The first-order valence-electron chi connectivity index (χ1n) is 8.83. The summed E-state index contributed by atoms with van der Waals surface area (Å²) in [5.41, 5.74) is -3.09. The minimum atomic E-state index is -5.02. The summed E-state index contributed by atoms with van der Waals surface area (Å²) >= 11 is 0. The zero-order chi connectivity index (χ0) is 22.3. The molecule has 0 fully saturated rings. The number of phenolic OH excluding ortho intramolecular Hbond substituents is 1. The number of hydrogen-bond donors (Lipinski definition) is 1. The zero-order valence-electron chi connectivity index (χ0n) is 16.2. The number of carbonyl (C=O) groups excluding carboxylic acids is 1. The van der Waals surface area contributed by atoms with Gasteiger partial charge in [-0.15, -0.1) is 0 Å². The summed E-state index contributed by atoms with van der Waals surface area (Å²) in [6.07, 6.45) is -9.66. The van der Waals surface area contributed by atoms with Crippen molar-refractivity contribution < 1.29 is 36.2 Å². The maximum Gasteiger partial charge on any atom is 0.416 e. The van der Waals surface area contributed by atoms with Gasteiger partial charge in [0.05, 0.1) is 11.1 Å². The Kier molecular flexibility index (Phi) is 6.07. The van der Waals surface area contributed by atoms with Gasteiger partial charge >= 0.3 is 12.4 Å². The van der Waals surface area contributed by atoms with Gasteiger partial charge in [-0.1, -0.05) is 27.7 Å². The number of phenols is 1. The van der Waals surface area contributed by atoms with Crippen LogP contribution in [-0.4, -0.2) is 11.4 Å². The van der Waals surface area contributed by atoms with Crippen LogP contribution in [0.1, 0.15) is 72.1 Å². The van der Waals surface area contributed by atoms with E-state index in [1.165, 1.54) is 6.07 Å².